The molecule has 2 amide bonds. The van der Waals surface area contributed by atoms with E-state index in [-0.39, 0.29) is 34.0 Å². The van der Waals surface area contributed by atoms with E-state index in [1.807, 2.05) is 0 Å². The quantitative estimate of drug-likeness (QED) is 0.441. The Labute approximate surface area is 186 Å². The van der Waals surface area contributed by atoms with Gasteiger partial charge in [-0.1, -0.05) is 23.9 Å². The van der Waals surface area contributed by atoms with Crippen LogP contribution in [0.5, 0.6) is 0 Å². The normalized spacial score (nSPS) is 16.2. The molecule has 0 spiro atoms. The van der Waals surface area contributed by atoms with Crippen molar-refractivity contribution in [2.24, 2.45) is 0 Å². The number of fused-ring (bicyclic) bond motifs is 3. The minimum Gasteiger partial charge on any atom is -0.282 e. The molecule has 0 bridgehead atoms. The zero-order chi connectivity index (χ0) is 21.5. The molecule has 3 heterocycles. The van der Waals surface area contributed by atoms with E-state index < -0.39 is 5.82 Å². The van der Waals surface area contributed by atoms with Gasteiger partial charge in [0.25, 0.3) is 5.56 Å². The fourth-order valence-corrected chi connectivity index (χ4v) is 6.43. The Bertz CT molecular complexity index is 1270. The summed E-state index contributed by atoms with van der Waals surface area (Å²) >= 11 is 2.59. The molecule has 0 atom stereocenters. The fraction of sp³-hybridized carbons (Fsp3) is 0.364. The third-order valence-corrected chi connectivity index (χ3v) is 7.86. The second-order valence-corrected chi connectivity index (χ2v) is 9.73. The monoisotopic (exact) mass is 457 g/mol. The van der Waals surface area contributed by atoms with Crippen molar-refractivity contribution in [1.82, 2.24) is 14.5 Å². The molecule has 1 aliphatic carbocycles. The Kier molecular flexibility index (Phi) is 5.39. The van der Waals surface area contributed by atoms with Gasteiger partial charge in [-0.2, -0.15) is 0 Å². The standard InChI is InChI=1S/C22H20FN3O3S2/c23-14-7-2-3-8-15(14)26-21(29)19-13-6-1-4-9-16(13)31-20(19)24-22(26)30-12-18(28)25-11-5-10-17(25)27/h2-3,7-8H,1,4-6,9-12H2. The van der Waals surface area contributed by atoms with Crippen molar-refractivity contribution in [3.63, 3.8) is 0 Å². The van der Waals surface area contributed by atoms with Gasteiger partial charge in [-0.05, 0) is 49.8 Å². The van der Waals surface area contributed by atoms with Gasteiger partial charge in [-0.3, -0.25) is 23.9 Å². The van der Waals surface area contributed by atoms with Gasteiger partial charge < -0.3 is 0 Å². The molecule has 1 aromatic carbocycles. The summed E-state index contributed by atoms with van der Waals surface area (Å²) in [5.41, 5.74) is 0.843. The summed E-state index contributed by atoms with van der Waals surface area (Å²) in [7, 11) is 0. The van der Waals surface area contributed by atoms with Crippen LogP contribution in [-0.4, -0.2) is 38.6 Å². The lowest BCUT2D eigenvalue weighted by Gasteiger charge is -2.16. The van der Waals surface area contributed by atoms with E-state index in [0.717, 1.165) is 43.0 Å². The number of benzene rings is 1. The van der Waals surface area contributed by atoms with Crippen molar-refractivity contribution in [1.29, 1.82) is 0 Å². The summed E-state index contributed by atoms with van der Waals surface area (Å²) in [4.78, 5) is 45.8. The molecule has 3 aromatic rings. The summed E-state index contributed by atoms with van der Waals surface area (Å²) in [5.74, 6) is -1.06. The van der Waals surface area contributed by atoms with Crippen LogP contribution in [-0.2, 0) is 22.4 Å². The van der Waals surface area contributed by atoms with Crippen molar-refractivity contribution in [2.75, 3.05) is 12.3 Å². The van der Waals surface area contributed by atoms with E-state index in [1.54, 1.807) is 18.2 Å². The van der Waals surface area contributed by atoms with Gasteiger partial charge in [0, 0.05) is 17.8 Å². The fourth-order valence-electron chi connectivity index (χ4n) is 4.24. The van der Waals surface area contributed by atoms with Crippen molar-refractivity contribution in [2.45, 2.75) is 43.7 Å². The number of thiophene rings is 1. The van der Waals surface area contributed by atoms with Crippen LogP contribution in [0.1, 0.15) is 36.1 Å². The van der Waals surface area contributed by atoms with Crippen LogP contribution in [0.2, 0.25) is 0 Å². The first kappa shape index (κ1) is 20.4. The van der Waals surface area contributed by atoms with Crippen LogP contribution in [0.15, 0.2) is 34.2 Å². The maximum Gasteiger partial charge on any atom is 0.267 e. The van der Waals surface area contributed by atoms with Crippen LogP contribution >= 0.6 is 23.1 Å². The molecule has 0 saturated carbocycles. The Hall–Kier alpha value is -2.52. The number of hydrogen-bond donors (Lipinski definition) is 0. The number of hydrogen-bond acceptors (Lipinski definition) is 6. The lowest BCUT2D eigenvalue weighted by Crippen LogP contribution is -2.33. The maximum absolute atomic E-state index is 14.7. The molecule has 5 rings (SSSR count). The first-order valence-electron chi connectivity index (χ1n) is 10.3. The molecule has 6 nitrogen and oxygen atoms in total. The number of aromatic nitrogens is 2. The lowest BCUT2D eigenvalue weighted by atomic mass is 9.97. The summed E-state index contributed by atoms with van der Waals surface area (Å²) in [6.45, 7) is 0.419. The van der Waals surface area contributed by atoms with Gasteiger partial charge in [0.05, 0.1) is 16.8 Å². The number of carbonyl (C=O) groups excluding carboxylic acids is 2. The molecule has 9 heteroatoms. The zero-order valence-electron chi connectivity index (χ0n) is 16.7. The molecule has 0 N–H and O–H groups in total. The number of nitrogens with zero attached hydrogens (tertiary/aromatic N) is 3. The summed E-state index contributed by atoms with van der Waals surface area (Å²) < 4.78 is 16.0. The lowest BCUT2D eigenvalue weighted by molar-refractivity contribution is -0.140. The highest BCUT2D eigenvalue weighted by Gasteiger charge is 2.28. The van der Waals surface area contributed by atoms with Crippen molar-refractivity contribution in [3.8, 4) is 5.69 Å². The third kappa shape index (κ3) is 3.59. The number of imide groups is 1. The maximum atomic E-state index is 14.7. The molecule has 2 aromatic heterocycles. The predicted molar refractivity (Wildman–Crippen MR) is 118 cm³/mol. The van der Waals surface area contributed by atoms with Crippen LogP contribution in [0.25, 0.3) is 15.9 Å². The number of likely N-dealkylation sites (tertiary alicyclic amines) is 1. The van der Waals surface area contributed by atoms with Crippen molar-refractivity contribution < 1.29 is 14.0 Å². The molecular formula is C22H20FN3O3S2. The van der Waals surface area contributed by atoms with Gasteiger partial charge in [0.15, 0.2) is 5.16 Å². The number of carbonyl (C=O) groups is 2. The Balaban J connectivity index is 1.61. The second kappa shape index (κ2) is 8.20. The molecule has 0 radical (unpaired) electrons. The number of thioether (sulfide) groups is 1. The molecule has 0 unspecified atom stereocenters. The molecule has 1 aliphatic heterocycles. The van der Waals surface area contributed by atoms with Crippen LogP contribution in [0.4, 0.5) is 4.39 Å². The minimum absolute atomic E-state index is 0.0385. The molecular weight excluding hydrogens is 437 g/mol. The smallest absolute Gasteiger partial charge is 0.267 e. The largest absolute Gasteiger partial charge is 0.282 e. The molecule has 1 fully saturated rings. The number of halogens is 1. The summed E-state index contributed by atoms with van der Waals surface area (Å²) in [5, 5.41) is 0.828. The van der Waals surface area contributed by atoms with Crippen molar-refractivity contribution in [3.05, 3.63) is 50.9 Å². The average Bonchev–Trinajstić information content (AvgIpc) is 3.36. The van der Waals surface area contributed by atoms with Gasteiger partial charge in [-0.15, -0.1) is 11.3 Å². The van der Waals surface area contributed by atoms with Gasteiger partial charge in [0.2, 0.25) is 11.8 Å². The molecule has 31 heavy (non-hydrogen) atoms. The highest BCUT2D eigenvalue weighted by Crippen LogP contribution is 2.35. The van der Waals surface area contributed by atoms with E-state index in [4.69, 9.17) is 4.98 Å². The average molecular weight is 458 g/mol. The molecule has 160 valence electrons. The highest BCUT2D eigenvalue weighted by atomic mass is 32.2. The number of para-hydroxylation sites is 1. The van der Waals surface area contributed by atoms with E-state index in [9.17, 15) is 18.8 Å². The number of amides is 2. The third-order valence-electron chi connectivity index (χ3n) is 5.75. The van der Waals surface area contributed by atoms with E-state index in [0.29, 0.717) is 29.6 Å². The topological polar surface area (TPSA) is 72.3 Å². The van der Waals surface area contributed by atoms with Crippen LogP contribution < -0.4 is 5.56 Å². The summed E-state index contributed by atoms with van der Waals surface area (Å²) in [6.07, 6.45) is 4.90. The molecule has 2 aliphatic rings. The van der Waals surface area contributed by atoms with E-state index >= 15 is 0 Å². The SMILES string of the molecule is O=C1CCCN1C(=O)CSc1nc2sc3c(c2c(=O)n1-c1ccccc1F)CCCC3. The predicted octanol–water partition coefficient (Wildman–Crippen LogP) is 3.71. The first-order valence-corrected chi connectivity index (χ1v) is 12.1. The zero-order valence-corrected chi connectivity index (χ0v) is 18.4. The Morgan fingerprint density at radius 2 is 1.94 bits per heavy atom. The minimum atomic E-state index is -0.530. The van der Waals surface area contributed by atoms with Gasteiger partial charge in [0.1, 0.15) is 10.6 Å². The first-order chi connectivity index (χ1) is 15.0. The van der Waals surface area contributed by atoms with Gasteiger partial charge in [-0.25, -0.2) is 9.37 Å². The van der Waals surface area contributed by atoms with Crippen LogP contribution in [0, 0.1) is 5.82 Å². The number of rotatable bonds is 4. The van der Waals surface area contributed by atoms with E-state index in [1.165, 1.54) is 31.7 Å². The Morgan fingerprint density at radius 1 is 1.13 bits per heavy atom. The summed E-state index contributed by atoms with van der Waals surface area (Å²) in [6, 6.07) is 6.08. The molecule has 1 saturated heterocycles. The second-order valence-electron chi connectivity index (χ2n) is 7.71. The number of aryl methyl sites for hydroxylation is 2. The Morgan fingerprint density at radius 3 is 2.71 bits per heavy atom. The van der Waals surface area contributed by atoms with Gasteiger partial charge >= 0.3 is 0 Å². The van der Waals surface area contributed by atoms with Crippen LogP contribution in [0.3, 0.4) is 0 Å². The highest BCUT2D eigenvalue weighted by molar-refractivity contribution is 7.99. The van der Waals surface area contributed by atoms with E-state index in [2.05, 4.69) is 0 Å². The van der Waals surface area contributed by atoms with Crippen molar-refractivity contribution >= 4 is 45.1 Å².